The molecule has 1 aromatic heterocycles. The van der Waals surface area contributed by atoms with Crippen molar-refractivity contribution in [3.8, 4) is 0 Å². The summed E-state index contributed by atoms with van der Waals surface area (Å²) < 4.78 is 29.3. The van der Waals surface area contributed by atoms with Crippen molar-refractivity contribution in [2.75, 3.05) is 36.2 Å². The number of benzene rings is 1. The average Bonchev–Trinajstić information content (AvgIpc) is 2.73. The van der Waals surface area contributed by atoms with Gasteiger partial charge < -0.3 is 20.7 Å². The van der Waals surface area contributed by atoms with Gasteiger partial charge in [-0.3, -0.25) is 9.59 Å². The van der Waals surface area contributed by atoms with Crippen molar-refractivity contribution < 1.29 is 22.7 Å². The topological polar surface area (TPSA) is 145 Å². The van der Waals surface area contributed by atoms with Gasteiger partial charge >= 0.3 is 5.97 Å². The quantitative estimate of drug-likeness (QED) is 0.603. The highest BCUT2D eigenvalue weighted by Gasteiger charge is 2.28. The summed E-state index contributed by atoms with van der Waals surface area (Å²) in [4.78, 5) is 34.5. The first kappa shape index (κ1) is 22.5. The van der Waals surface area contributed by atoms with Crippen LogP contribution in [0.2, 0.25) is 0 Å². The molecule has 3 N–H and O–H groups in total. The van der Waals surface area contributed by atoms with Gasteiger partial charge in [-0.05, 0) is 31.9 Å². The van der Waals surface area contributed by atoms with Crippen molar-refractivity contribution in [2.45, 2.75) is 24.7 Å². The minimum absolute atomic E-state index is 0.0356. The van der Waals surface area contributed by atoms with Crippen LogP contribution in [0.25, 0.3) is 0 Å². The van der Waals surface area contributed by atoms with Gasteiger partial charge in [-0.15, -0.1) is 0 Å². The third-order valence-corrected chi connectivity index (χ3v) is 6.13. The normalized spacial score (nSPS) is 14.8. The van der Waals surface area contributed by atoms with E-state index in [1.54, 1.807) is 25.1 Å². The Morgan fingerprint density at radius 2 is 1.94 bits per heavy atom. The second-order valence-corrected chi connectivity index (χ2v) is 9.19. The van der Waals surface area contributed by atoms with E-state index in [0.29, 0.717) is 38.5 Å². The highest BCUT2D eigenvalue weighted by Crippen LogP contribution is 2.28. The van der Waals surface area contributed by atoms with E-state index in [-0.39, 0.29) is 33.9 Å². The number of piperidine rings is 1. The Hall–Kier alpha value is -3.21. The Bertz CT molecular complexity index is 1080. The number of ether oxygens (including phenoxy) is 1. The highest BCUT2D eigenvalue weighted by atomic mass is 32.2. The fourth-order valence-corrected chi connectivity index (χ4v) is 4.24. The van der Waals surface area contributed by atoms with E-state index in [0.717, 1.165) is 6.26 Å². The molecule has 0 bridgehead atoms. The van der Waals surface area contributed by atoms with Crippen molar-refractivity contribution in [2.24, 2.45) is 11.7 Å². The maximum Gasteiger partial charge on any atom is 0.309 e. The van der Waals surface area contributed by atoms with Crippen LogP contribution >= 0.6 is 0 Å². The number of amides is 1. The molecule has 3 rings (SSSR count). The molecule has 1 aliphatic heterocycles. The van der Waals surface area contributed by atoms with E-state index >= 15 is 0 Å². The number of esters is 1. The molecular formula is C20H25N5O5S. The predicted octanol–water partition coefficient (Wildman–Crippen LogP) is 1.50. The molecule has 1 saturated heterocycles. The van der Waals surface area contributed by atoms with Gasteiger partial charge in [0.2, 0.25) is 5.95 Å². The lowest BCUT2D eigenvalue weighted by molar-refractivity contribution is -0.148. The van der Waals surface area contributed by atoms with Gasteiger partial charge in [0.25, 0.3) is 5.91 Å². The summed E-state index contributed by atoms with van der Waals surface area (Å²) in [5.74, 6) is -0.646. The zero-order valence-electron chi connectivity index (χ0n) is 17.4. The maximum absolute atomic E-state index is 12.1. The van der Waals surface area contributed by atoms with Gasteiger partial charge in [-0.1, -0.05) is 12.1 Å². The summed E-state index contributed by atoms with van der Waals surface area (Å²) in [6.45, 7) is 3.20. The minimum Gasteiger partial charge on any atom is -0.466 e. The highest BCUT2D eigenvalue weighted by molar-refractivity contribution is 7.90. The number of aromatic nitrogens is 2. The molecule has 0 spiro atoms. The Balaban J connectivity index is 1.87. The second kappa shape index (κ2) is 9.29. The van der Waals surface area contributed by atoms with Crippen LogP contribution in [0.3, 0.4) is 0 Å². The molecule has 1 aromatic carbocycles. The zero-order valence-corrected chi connectivity index (χ0v) is 18.2. The Kier molecular flexibility index (Phi) is 6.74. The number of hydrogen-bond acceptors (Lipinski definition) is 9. The molecule has 0 unspecified atom stereocenters. The Morgan fingerprint density at radius 3 is 2.55 bits per heavy atom. The van der Waals surface area contributed by atoms with Gasteiger partial charge in [0.05, 0.1) is 23.1 Å². The van der Waals surface area contributed by atoms with E-state index in [2.05, 4.69) is 15.3 Å². The monoisotopic (exact) mass is 447 g/mol. The molecule has 31 heavy (non-hydrogen) atoms. The zero-order chi connectivity index (χ0) is 22.6. The van der Waals surface area contributed by atoms with Crippen LogP contribution in [-0.2, 0) is 19.4 Å². The predicted molar refractivity (Wildman–Crippen MR) is 115 cm³/mol. The van der Waals surface area contributed by atoms with Crippen LogP contribution in [0.1, 0.15) is 30.1 Å². The number of nitrogens with zero attached hydrogens (tertiary/aromatic N) is 3. The number of primary amides is 1. The van der Waals surface area contributed by atoms with Gasteiger partial charge in [0.15, 0.2) is 9.84 Å². The lowest BCUT2D eigenvalue weighted by Gasteiger charge is -2.31. The molecular weight excluding hydrogens is 422 g/mol. The van der Waals surface area contributed by atoms with Crippen molar-refractivity contribution >= 4 is 39.2 Å². The molecule has 0 atom stereocenters. The van der Waals surface area contributed by atoms with Crippen LogP contribution in [0.15, 0.2) is 35.4 Å². The third kappa shape index (κ3) is 5.29. The number of carbonyl (C=O) groups is 2. The first-order valence-electron chi connectivity index (χ1n) is 9.85. The smallest absolute Gasteiger partial charge is 0.309 e. The number of sulfone groups is 1. The van der Waals surface area contributed by atoms with Crippen molar-refractivity contribution in [3.63, 3.8) is 0 Å². The second-order valence-electron chi connectivity index (χ2n) is 7.20. The SMILES string of the molecule is CCOC(=O)C1CCN(c2ncc(C(N)=O)c(Nc3ccccc3S(C)(=O)=O)n2)CC1. The Labute approximate surface area is 180 Å². The van der Waals surface area contributed by atoms with Crippen LogP contribution in [0.4, 0.5) is 17.5 Å². The molecule has 2 heterocycles. The molecule has 1 fully saturated rings. The number of para-hydroxylation sites is 1. The van der Waals surface area contributed by atoms with Crippen molar-refractivity contribution in [1.29, 1.82) is 0 Å². The van der Waals surface area contributed by atoms with Gasteiger partial charge in [-0.2, -0.15) is 4.98 Å². The summed E-state index contributed by atoms with van der Waals surface area (Å²) >= 11 is 0. The molecule has 1 aliphatic rings. The summed E-state index contributed by atoms with van der Waals surface area (Å²) in [5, 5.41) is 2.92. The fraction of sp³-hybridized carbons (Fsp3) is 0.400. The minimum atomic E-state index is -3.51. The number of rotatable bonds is 7. The molecule has 10 nitrogen and oxygen atoms in total. The molecule has 1 amide bonds. The third-order valence-electron chi connectivity index (χ3n) is 4.98. The summed E-state index contributed by atoms with van der Waals surface area (Å²) in [6, 6.07) is 6.32. The van der Waals surface area contributed by atoms with E-state index in [4.69, 9.17) is 10.5 Å². The van der Waals surface area contributed by atoms with Gasteiger partial charge in [0.1, 0.15) is 11.4 Å². The summed E-state index contributed by atoms with van der Waals surface area (Å²) in [5.41, 5.74) is 5.77. The number of hydrogen-bond donors (Lipinski definition) is 2. The van der Waals surface area contributed by atoms with E-state index in [9.17, 15) is 18.0 Å². The molecule has 0 radical (unpaired) electrons. The van der Waals surface area contributed by atoms with Crippen LogP contribution in [0, 0.1) is 5.92 Å². The molecule has 0 aliphatic carbocycles. The van der Waals surface area contributed by atoms with Gasteiger partial charge in [-0.25, -0.2) is 13.4 Å². The lowest BCUT2D eigenvalue weighted by Crippen LogP contribution is -2.38. The number of carbonyl (C=O) groups excluding carboxylic acids is 2. The van der Waals surface area contributed by atoms with E-state index in [1.807, 2.05) is 4.90 Å². The summed E-state index contributed by atoms with van der Waals surface area (Å²) in [7, 11) is -3.51. The number of anilines is 3. The molecule has 166 valence electrons. The maximum atomic E-state index is 12.1. The largest absolute Gasteiger partial charge is 0.466 e. The van der Waals surface area contributed by atoms with E-state index in [1.165, 1.54) is 12.3 Å². The first-order valence-corrected chi connectivity index (χ1v) is 11.7. The van der Waals surface area contributed by atoms with Crippen LogP contribution in [0.5, 0.6) is 0 Å². The van der Waals surface area contributed by atoms with Crippen LogP contribution < -0.4 is 16.0 Å². The Morgan fingerprint density at radius 1 is 1.26 bits per heavy atom. The standard InChI is InChI=1S/C20H25N5O5S/c1-3-30-19(27)13-8-10-25(11-9-13)20-22-12-14(17(21)26)18(24-20)23-15-6-4-5-7-16(15)31(2,28)29/h4-7,12-13H,3,8-11H2,1-2H3,(H2,21,26)(H,22,23,24). The first-order chi connectivity index (χ1) is 14.7. The molecule has 0 saturated carbocycles. The molecule has 2 aromatic rings. The molecule has 11 heteroatoms. The van der Waals surface area contributed by atoms with E-state index < -0.39 is 15.7 Å². The van der Waals surface area contributed by atoms with Gasteiger partial charge in [0, 0.05) is 25.5 Å². The van der Waals surface area contributed by atoms with Crippen molar-refractivity contribution in [3.05, 3.63) is 36.0 Å². The lowest BCUT2D eigenvalue weighted by atomic mass is 9.97. The average molecular weight is 448 g/mol. The fourth-order valence-electron chi connectivity index (χ4n) is 3.40. The summed E-state index contributed by atoms with van der Waals surface area (Å²) in [6.07, 6.45) is 3.61. The van der Waals surface area contributed by atoms with Crippen LogP contribution in [-0.4, -0.2) is 56.2 Å². The number of nitrogens with one attached hydrogen (secondary N) is 1. The number of nitrogens with two attached hydrogens (primary N) is 1. The van der Waals surface area contributed by atoms with Crippen molar-refractivity contribution in [1.82, 2.24) is 9.97 Å².